The van der Waals surface area contributed by atoms with Crippen molar-refractivity contribution in [3.05, 3.63) is 35.6 Å². The summed E-state index contributed by atoms with van der Waals surface area (Å²) in [6.07, 6.45) is 0. The summed E-state index contributed by atoms with van der Waals surface area (Å²) in [5, 5.41) is -0.661. The van der Waals surface area contributed by atoms with Gasteiger partial charge in [0.05, 0.1) is 6.04 Å². The van der Waals surface area contributed by atoms with Crippen LogP contribution in [0.25, 0.3) is 0 Å². The fourth-order valence-corrected chi connectivity index (χ4v) is 2.57. The van der Waals surface area contributed by atoms with Crippen LogP contribution in [0.2, 0.25) is 0 Å². The number of benzene rings is 1. The summed E-state index contributed by atoms with van der Waals surface area (Å²) in [6.45, 7) is 5.75. The van der Waals surface area contributed by atoms with Crippen LogP contribution in [0.15, 0.2) is 24.3 Å². The van der Waals surface area contributed by atoms with E-state index in [9.17, 15) is 9.18 Å². The van der Waals surface area contributed by atoms with E-state index in [1.165, 1.54) is 6.07 Å². The van der Waals surface area contributed by atoms with Gasteiger partial charge in [-0.1, -0.05) is 18.2 Å². The lowest BCUT2D eigenvalue weighted by Gasteiger charge is -2.52. The molecule has 0 bridgehead atoms. The largest absolute Gasteiger partial charge is 0.327 e. The Balaban J connectivity index is 2.39. The lowest BCUT2D eigenvalue weighted by atomic mass is 9.87. The number of likely N-dealkylation sites (tertiary alicyclic amines) is 1. The molecule has 92 valence electrons. The van der Waals surface area contributed by atoms with E-state index in [0.717, 1.165) is 0 Å². The molecule has 1 aromatic rings. The predicted octanol–water partition coefficient (Wildman–Crippen LogP) is 3.11. The van der Waals surface area contributed by atoms with Gasteiger partial charge in [0.2, 0.25) is 5.91 Å². The van der Waals surface area contributed by atoms with Crippen molar-refractivity contribution in [3.8, 4) is 0 Å². The summed E-state index contributed by atoms with van der Waals surface area (Å²) in [7, 11) is 0. The van der Waals surface area contributed by atoms with Gasteiger partial charge in [-0.05, 0) is 26.8 Å². The van der Waals surface area contributed by atoms with E-state index in [0.29, 0.717) is 5.56 Å². The number of halogens is 2. The number of hydrogen-bond donors (Lipinski definition) is 0. The average Bonchev–Trinajstić information content (AvgIpc) is 2.24. The summed E-state index contributed by atoms with van der Waals surface area (Å²) in [5.41, 5.74) is 0.136. The van der Waals surface area contributed by atoms with Crippen molar-refractivity contribution in [2.75, 3.05) is 0 Å². The fourth-order valence-electron chi connectivity index (χ4n) is 2.21. The molecule has 2 rings (SSSR count). The van der Waals surface area contributed by atoms with Crippen molar-refractivity contribution in [3.63, 3.8) is 0 Å². The molecule has 1 amide bonds. The van der Waals surface area contributed by atoms with Crippen LogP contribution in [-0.2, 0) is 4.79 Å². The summed E-state index contributed by atoms with van der Waals surface area (Å²) < 4.78 is 13.7. The molecule has 0 N–H and O–H groups in total. The zero-order valence-electron chi connectivity index (χ0n) is 10.1. The van der Waals surface area contributed by atoms with Gasteiger partial charge in [0.25, 0.3) is 0 Å². The maximum Gasteiger partial charge on any atom is 0.244 e. The lowest BCUT2D eigenvalue weighted by molar-refractivity contribution is -0.153. The fraction of sp³-hybridized carbons (Fsp3) is 0.462. The zero-order chi connectivity index (χ0) is 12.8. The van der Waals surface area contributed by atoms with Crippen molar-refractivity contribution >= 4 is 17.5 Å². The molecule has 1 heterocycles. The number of carbonyl (C=O) groups is 1. The number of carbonyl (C=O) groups excluding carboxylic acids is 1. The molecular weight excluding hydrogens is 241 g/mol. The smallest absolute Gasteiger partial charge is 0.244 e. The van der Waals surface area contributed by atoms with E-state index in [4.69, 9.17) is 11.6 Å². The highest BCUT2D eigenvalue weighted by molar-refractivity contribution is 6.33. The molecule has 0 spiro atoms. The highest BCUT2D eigenvalue weighted by Gasteiger charge is 2.52. The van der Waals surface area contributed by atoms with Gasteiger partial charge in [-0.3, -0.25) is 4.79 Å². The molecule has 2 atom stereocenters. The molecule has 1 aliphatic rings. The third-order valence-electron chi connectivity index (χ3n) is 2.98. The van der Waals surface area contributed by atoms with Crippen molar-refractivity contribution in [1.29, 1.82) is 0 Å². The Morgan fingerprint density at radius 2 is 1.88 bits per heavy atom. The average molecular weight is 256 g/mol. The molecule has 1 fully saturated rings. The number of hydrogen-bond acceptors (Lipinski definition) is 1. The SMILES string of the molecule is CC(C)(C)N1C(=O)[C@@H](Cl)[C@H]1c1ccccc1F. The van der Waals surface area contributed by atoms with E-state index < -0.39 is 5.38 Å². The van der Waals surface area contributed by atoms with Crippen molar-refractivity contribution < 1.29 is 9.18 Å². The van der Waals surface area contributed by atoms with E-state index in [2.05, 4.69) is 0 Å². The van der Waals surface area contributed by atoms with E-state index in [1.54, 1.807) is 23.1 Å². The minimum Gasteiger partial charge on any atom is -0.327 e. The standard InChI is InChI=1S/C13H15ClFNO/c1-13(2,3)16-11(10(14)12(16)17)8-6-4-5-7-9(8)15/h4-7,10-11H,1-3H3/t10-,11+/m0/s1. The molecule has 17 heavy (non-hydrogen) atoms. The van der Waals surface area contributed by atoms with Gasteiger partial charge in [0.1, 0.15) is 11.2 Å². The predicted molar refractivity (Wildman–Crippen MR) is 65.4 cm³/mol. The number of amides is 1. The molecule has 0 radical (unpaired) electrons. The Bertz CT molecular complexity index is 455. The van der Waals surface area contributed by atoms with Crippen LogP contribution in [0.5, 0.6) is 0 Å². The van der Waals surface area contributed by atoms with Crippen LogP contribution in [-0.4, -0.2) is 21.7 Å². The van der Waals surface area contributed by atoms with Gasteiger partial charge in [-0.25, -0.2) is 4.39 Å². The van der Waals surface area contributed by atoms with Crippen LogP contribution in [0, 0.1) is 5.82 Å². The Hall–Kier alpha value is -1.09. The molecule has 1 saturated heterocycles. The minimum atomic E-state index is -0.661. The Kier molecular flexibility index (Phi) is 2.90. The molecule has 0 aliphatic carbocycles. The van der Waals surface area contributed by atoms with Crippen molar-refractivity contribution in [2.45, 2.75) is 37.7 Å². The molecule has 1 aliphatic heterocycles. The zero-order valence-corrected chi connectivity index (χ0v) is 10.8. The van der Waals surface area contributed by atoms with E-state index >= 15 is 0 Å². The first-order chi connectivity index (χ1) is 7.84. The Labute approximate surface area is 105 Å². The van der Waals surface area contributed by atoms with Crippen LogP contribution in [0.4, 0.5) is 4.39 Å². The minimum absolute atomic E-state index is 0.132. The first-order valence-electron chi connectivity index (χ1n) is 5.55. The van der Waals surface area contributed by atoms with Crippen LogP contribution >= 0.6 is 11.6 Å². The molecule has 4 heteroatoms. The number of rotatable bonds is 1. The van der Waals surface area contributed by atoms with Crippen LogP contribution < -0.4 is 0 Å². The van der Waals surface area contributed by atoms with Gasteiger partial charge in [0, 0.05) is 11.1 Å². The van der Waals surface area contributed by atoms with Gasteiger partial charge < -0.3 is 4.90 Å². The number of alkyl halides is 1. The monoisotopic (exact) mass is 255 g/mol. The van der Waals surface area contributed by atoms with Crippen LogP contribution in [0.1, 0.15) is 32.4 Å². The second-order valence-corrected chi connectivity index (χ2v) is 5.72. The van der Waals surface area contributed by atoms with Crippen LogP contribution in [0.3, 0.4) is 0 Å². The maximum atomic E-state index is 13.7. The summed E-state index contributed by atoms with van der Waals surface area (Å²) in [6, 6.07) is 6.09. The van der Waals surface area contributed by atoms with Gasteiger partial charge in [0.15, 0.2) is 0 Å². The van der Waals surface area contributed by atoms with Gasteiger partial charge >= 0.3 is 0 Å². The molecule has 0 saturated carbocycles. The quantitative estimate of drug-likeness (QED) is 0.558. The maximum absolute atomic E-state index is 13.7. The summed E-state index contributed by atoms with van der Waals surface area (Å²) >= 11 is 6.01. The van der Waals surface area contributed by atoms with Gasteiger partial charge in [-0.15, -0.1) is 11.6 Å². The highest BCUT2D eigenvalue weighted by atomic mass is 35.5. The molecule has 0 aromatic heterocycles. The molecule has 2 nitrogen and oxygen atoms in total. The summed E-state index contributed by atoms with van der Waals surface area (Å²) in [4.78, 5) is 13.4. The second-order valence-electron chi connectivity index (χ2n) is 5.25. The van der Waals surface area contributed by atoms with E-state index in [1.807, 2.05) is 20.8 Å². The van der Waals surface area contributed by atoms with E-state index in [-0.39, 0.29) is 23.3 Å². The number of β-lactam (4-membered cyclic amide) rings is 1. The highest BCUT2D eigenvalue weighted by Crippen LogP contribution is 2.43. The molecular formula is C13H15ClFNO. The lowest BCUT2D eigenvalue weighted by Crippen LogP contribution is -2.63. The first kappa shape index (κ1) is 12.4. The Morgan fingerprint density at radius 1 is 1.29 bits per heavy atom. The van der Waals surface area contributed by atoms with Gasteiger partial charge in [-0.2, -0.15) is 0 Å². The second kappa shape index (κ2) is 3.98. The van der Waals surface area contributed by atoms with Crippen molar-refractivity contribution in [2.24, 2.45) is 0 Å². The summed E-state index contributed by atoms with van der Waals surface area (Å²) in [5.74, 6) is -0.447. The molecule has 1 aromatic carbocycles. The first-order valence-corrected chi connectivity index (χ1v) is 5.99. The number of nitrogens with zero attached hydrogens (tertiary/aromatic N) is 1. The topological polar surface area (TPSA) is 20.3 Å². The third-order valence-corrected chi connectivity index (χ3v) is 3.40. The molecule has 0 unspecified atom stereocenters. The van der Waals surface area contributed by atoms with Crippen molar-refractivity contribution in [1.82, 2.24) is 4.90 Å². The normalized spacial score (nSPS) is 24.8. The Morgan fingerprint density at radius 3 is 2.41 bits per heavy atom. The third kappa shape index (κ3) is 1.93.